The first kappa shape index (κ1) is 27.0. The number of hydrogen-bond donors (Lipinski definition) is 0. The highest BCUT2D eigenvalue weighted by Crippen LogP contribution is 2.43. The third kappa shape index (κ3) is 5.75. The van der Waals surface area contributed by atoms with E-state index in [1.54, 1.807) is 0 Å². The Bertz CT molecular complexity index is 467. The van der Waals surface area contributed by atoms with Crippen molar-refractivity contribution < 1.29 is 18.4 Å². The van der Waals surface area contributed by atoms with Crippen LogP contribution in [0.1, 0.15) is 83.1 Å². The number of amides is 2. The lowest BCUT2D eigenvalue weighted by Gasteiger charge is -2.40. The van der Waals surface area contributed by atoms with Crippen LogP contribution in [0.2, 0.25) is 33.2 Å². The fourth-order valence-electron chi connectivity index (χ4n) is 5.13. The molecule has 0 aliphatic heterocycles. The Morgan fingerprint density at radius 2 is 0.679 bits per heavy atom. The number of azo groups is 1. The van der Waals surface area contributed by atoms with Crippen molar-refractivity contribution in [2.45, 2.75) is 116 Å². The first-order valence-electron chi connectivity index (χ1n) is 10.5. The van der Waals surface area contributed by atoms with E-state index < -0.39 is 28.8 Å². The van der Waals surface area contributed by atoms with Crippen LogP contribution in [0.25, 0.3) is 0 Å². The van der Waals surface area contributed by atoms with E-state index >= 15 is 0 Å². The quantitative estimate of drug-likeness (QED) is 0.288. The molecule has 0 aromatic heterocycles. The fraction of sp³-hybridized carbons (Fsp3) is 0.900. The molecule has 0 aromatic carbocycles. The molecule has 2 amide bonds. The zero-order chi connectivity index (χ0) is 22.4. The highest BCUT2D eigenvalue weighted by molar-refractivity contribution is 6.79. The molecule has 0 atom stereocenters. The SMILES string of the molecule is CC(C)[Si](OC(=O)N=NC(=O)O[Si](C(C)C)(C(C)C)C(C)C)(C(C)C)C(C)C. The maximum absolute atomic E-state index is 12.4. The molecule has 0 rings (SSSR count). The Kier molecular flexibility index (Phi) is 10.3. The highest BCUT2D eigenvalue weighted by Gasteiger charge is 2.49. The van der Waals surface area contributed by atoms with E-state index in [1.165, 1.54) is 0 Å². The summed E-state index contributed by atoms with van der Waals surface area (Å²) in [5, 5.41) is 7.13. The van der Waals surface area contributed by atoms with Gasteiger partial charge in [0.05, 0.1) is 0 Å². The van der Waals surface area contributed by atoms with Crippen LogP contribution in [0, 0.1) is 0 Å². The molecular formula is C20H42N2O4Si2. The number of carbonyl (C=O) groups excluding carboxylic acids is 2. The van der Waals surface area contributed by atoms with Crippen LogP contribution in [0.3, 0.4) is 0 Å². The summed E-state index contributed by atoms with van der Waals surface area (Å²) in [5.41, 5.74) is 1.42. The van der Waals surface area contributed by atoms with Crippen LogP contribution < -0.4 is 0 Å². The van der Waals surface area contributed by atoms with Crippen LogP contribution >= 0.6 is 0 Å². The second-order valence-electron chi connectivity index (χ2n) is 9.57. The minimum Gasteiger partial charge on any atom is -0.500 e. The van der Waals surface area contributed by atoms with Gasteiger partial charge in [0.1, 0.15) is 0 Å². The van der Waals surface area contributed by atoms with E-state index in [0.29, 0.717) is 0 Å². The molecule has 0 heterocycles. The molecule has 0 aliphatic carbocycles. The third-order valence-electron chi connectivity index (χ3n) is 6.16. The second-order valence-corrected chi connectivity index (χ2v) is 20.3. The van der Waals surface area contributed by atoms with Gasteiger partial charge in [0, 0.05) is 0 Å². The van der Waals surface area contributed by atoms with Crippen molar-refractivity contribution in [3.05, 3.63) is 0 Å². The Hall–Kier alpha value is -1.03. The third-order valence-corrected chi connectivity index (χ3v) is 18.0. The average Bonchev–Trinajstić information content (AvgIpc) is 2.53. The first-order valence-corrected chi connectivity index (χ1v) is 14.8. The van der Waals surface area contributed by atoms with Gasteiger partial charge in [-0.25, -0.2) is 9.59 Å². The smallest absolute Gasteiger partial charge is 0.439 e. The summed E-state index contributed by atoms with van der Waals surface area (Å²) in [6, 6.07) is 0. The predicted octanol–water partition coefficient (Wildman–Crippen LogP) is 8.06. The zero-order valence-corrected chi connectivity index (χ0v) is 22.0. The molecule has 0 spiro atoms. The summed E-state index contributed by atoms with van der Waals surface area (Å²) in [7, 11) is -4.82. The molecule has 164 valence electrons. The van der Waals surface area contributed by atoms with Gasteiger partial charge in [-0.3, -0.25) is 0 Å². The van der Waals surface area contributed by atoms with Crippen molar-refractivity contribution in [2.75, 3.05) is 0 Å². The standard InChI is InChI=1S/C20H42N2O4Si2/c1-13(2)27(14(3)4,15(5)6)25-19(23)21-22-20(24)26-28(16(7)8,17(9)10)18(11)12/h13-18H,1-12H3. The summed E-state index contributed by atoms with van der Waals surface area (Å²) >= 11 is 0. The van der Waals surface area contributed by atoms with Gasteiger partial charge < -0.3 is 8.85 Å². The fourth-order valence-corrected chi connectivity index (χ4v) is 15.2. The van der Waals surface area contributed by atoms with Crippen LogP contribution in [0.4, 0.5) is 9.59 Å². The maximum Gasteiger partial charge on any atom is 0.439 e. The lowest BCUT2D eigenvalue weighted by atomic mass is 10.5. The first-order chi connectivity index (χ1) is 12.7. The van der Waals surface area contributed by atoms with E-state index in [4.69, 9.17) is 8.85 Å². The summed E-state index contributed by atoms with van der Waals surface area (Å²) in [4.78, 5) is 24.8. The van der Waals surface area contributed by atoms with Gasteiger partial charge >= 0.3 is 12.2 Å². The van der Waals surface area contributed by atoms with E-state index in [2.05, 4.69) is 93.3 Å². The van der Waals surface area contributed by atoms with E-state index in [9.17, 15) is 9.59 Å². The van der Waals surface area contributed by atoms with Crippen LogP contribution in [0.15, 0.2) is 10.2 Å². The number of carbonyl (C=O) groups is 2. The van der Waals surface area contributed by atoms with Gasteiger partial charge in [-0.15, -0.1) is 0 Å². The molecule has 28 heavy (non-hydrogen) atoms. The Balaban J connectivity index is 5.47. The van der Waals surface area contributed by atoms with Crippen molar-refractivity contribution in [3.63, 3.8) is 0 Å². The minimum absolute atomic E-state index is 0.237. The predicted molar refractivity (Wildman–Crippen MR) is 120 cm³/mol. The molecule has 0 unspecified atom stereocenters. The molecule has 6 nitrogen and oxygen atoms in total. The van der Waals surface area contributed by atoms with Crippen molar-refractivity contribution in [3.8, 4) is 0 Å². The molecule has 0 fully saturated rings. The van der Waals surface area contributed by atoms with Crippen LogP contribution in [0.5, 0.6) is 0 Å². The van der Waals surface area contributed by atoms with E-state index in [0.717, 1.165) is 0 Å². The number of hydrogen-bond acceptors (Lipinski definition) is 4. The zero-order valence-electron chi connectivity index (χ0n) is 20.0. The molecule has 0 aromatic rings. The number of rotatable bonds is 8. The Labute approximate surface area is 174 Å². The molecule has 0 bridgehead atoms. The molecule has 0 radical (unpaired) electrons. The van der Waals surface area contributed by atoms with Gasteiger partial charge in [0.15, 0.2) is 0 Å². The molecule has 0 saturated heterocycles. The van der Waals surface area contributed by atoms with Crippen molar-refractivity contribution in [2.24, 2.45) is 10.2 Å². The summed E-state index contributed by atoms with van der Waals surface area (Å²) in [5.74, 6) is 0. The normalized spacial score (nSPS) is 13.6. The lowest BCUT2D eigenvalue weighted by molar-refractivity contribution is 0.193. The van der Waals surface area contributed by atoms with E-state index in [1.807, 2.05) is 0 Å². The summed E-state index contributed by atoms with van der Waals surface area (Å²) in [6.07, 6.45) is -1.57. The van der Waals surface area contributed by atoms with Gasteiger partial charge in [-0.05, 0) is 33.2 Å². The lowest BCUT2D eigenvalue weighted by Crippen LogP contribution is -2.49. The van der Waals surface area contributed by atoms with Gasteiger partial charge in [-0.2, -0.15) is 0 Å². The van der Waals surface area contributed by atoms with Crippen LogP contribution in [-0.2, 0) is 8.85 Å². The van der Waals surface area contributed by atoms with Crippen molar-refractivity contribution in [1.82, 2.24) is 0 Å². The largest absolute Gasteiger partial charge is 0.500 e. The minimum atomic E-state index is -2.41. The molecule has 0 saturated carbocycles. The Morgan fingerprint density at radius 3 is 0.821 bits per heavy atom. The van der Waals surface area contributed by atoms with Gasteiger partial charge in [-0.1, -0.05) is 93.3 Å². The topological polar surface area (TPSA) is 77.3 Å². The van der Waals surface area contributed by atoms with Crippen LogP contribution in [-0.4, -0.2) is 28.8 Å². The average molecular weight is 431 g/mol. The van der Waals surface area contributed by atoms with E-state index in [-0.39, 0.29) is 33.2 Å². The molecular weight excluding hydrogens is 388 g/mol. The molecule has 0 N–H and O–H groups in total. The summed E-state index contributed by atoms with van der Waals surface area (Å²) in [6.45, 7) is 25.0. The number of nitrogens with zero attached hydrogens (tertiary/aromatic N) is 2. The maximum atomic E-state index is 12.4. The molecule has 0 aliphatic rings. The van der Waals surface area contributed by atoms with Crippen molar-refractivity contribution in [1.29, 1.82) is 0 Å². The summed E-state index contributed by atoms with van der Waals surface area (Å²) < 4.78 is 11.8. The Morgan fingerprint density at radius 1 is 0.500 bits per heavy atom. The molecule has 8 heteroatoms. The second kappa shape index (κ2) is 10.7. The highest BCUT2D eigenvalue weighted by atomic mass is 28.4. The monoisotopic (exact) mass is 430 g/mol. The van der Waals surface area contributed by atoms with Gasteiger partial charge in [0.25, 0.3) is 16.6 Å². The van der Waals surface area contributed by atoms with Gasteiger partial charge in [0.2, 0.25) is 0 Å². The van der Waals surface area contributed by atoms with Crippen molar-refractivity contribution >= 4 is 28.8 Å².